The lowest BCUT2D eigenvalue weighted by Crippen LogP contribution is -2.63. The molecule has 3 amide bonds. The number of likely N-dealkylation sites (tertiary alicyclic amines) is 1. The van der Waals surface area contributed by atoms with Gasteiger partial charge in [-0.2, -0.15) is 13.2 Å². The third-order valence-electron chi connectivity index (χ3n) is 7.27. The fraction of sp³-hybridized carbons (Fsp3) is 0.483. The Morgan fingerprint density at radius 3 is 2.51 bits per heavy atom. The lowest BCUT2D eigenvalue weighted by molar-refractivity contribution is -0.146. The molecule has 3 rings (SSSR count). The molecule has 14 heteroatoms. The highest BCUT2D eigenvalue weighted by Gasteiger charge is 2.49. The first-order valence-corrected chi connectivity index (χ1v) is 13.7. The van der Waals surface area contributed by atoms with E-state index in [9.17, 15) is 37.1 Å². The van der Waals surface area contributed by atoms with Crippen LogP contribution in [0.4, 0.5) is 17.6 Å². The van der Waals surface area contributed by atoms with Gasteiger partial charge in [0.25, 0.3) is 0 Å². The Hall–Kier alpha value is -3.91. The average molecular weight is 609 g/mol. The third-order valence-corrected chi connectivity index (χ3v) is 7.27. The summed E-state index contributed by atoms with van der Waals surface area (Å²) in [5, 5.41) is 22.4. The second-order valence-electron chi connectivity index (χ2n) is 11.2. The molecule has 1 aliphatic heterocycles. The summed E-state index contributed by atoms with van der Waals surface area (Å²) in [7, 11) is 0. The number of nitrogens with zero attached hydrogens (tertiary/aromatic N) is 2. The smallest absolute Gasteiger partial charge is 0.392 e. The first kappa shape index (κ1) is 33.6. The van der Waals surface area contributed by atoms with Crippen LogP contribution in [0, 0.1) is 16.6 Å². The van der Waals surface area contributed by atoms with E-state index in [4.69, 9.17) is 11.1 Å². The van der Waals surface area contributed by atoms with E-state index in [0.29, 0.717) is 11.3 Å². The first-order valence-electron chi connectivity index (χ1n) is 13.7. The van der Waals surface area contributed by atoms with Gasteiger partial charge in [-0.25, -0.2) is 4.39 Å². The van der Waals surface area contributed by atoms with Crippen LogP contribution >= 0.6 is 0 Å². The summed E-state index contributed by atoms with van der Waals surface area (Å²) in [4.78, 5) is 45.5. The van der Waals surface area contributed by atoms with E-state index < -0.39 is 66.4 Å². The standard InChI is InChI=1S/C29H36F4N6O4/c1-27(2,35)25(42)38-22(9-7-18-6-8-19(15-40)21(30)13-18)24(41)39-12-10-23(34)28(17-39,14-20-5-3-4-11-36-20)26(43)37-16-29(31,32)33/h3-6,8,11,13,22,34,40H,7,9-10,12,14-17,35H2,1-2H3,(H,37,43)(H,38,42)/t22-,28-/m1/s1. The number of nitrogens with two attached hydrogens (primary N) is 1. The van der Waals surface area contributed by atoms with Gasteiger partial charge in [-0.05, 0) is 50.5 Å². The summed E-state index contributed by atoms with van der Waals surface area (Å²) in [5.41, 5.74) is 3.50. The van der Waals surface area contributed by atoms with Crippen molar-refractivity contribution >= 4 is 23.4 Å². The minimum atomic E-state index is -4.70. The maximum Gasteiger partial charge on any atom is 0.405 e. The molecule has 10 nitrogen and oxygen atoms in total. The molecule has 2 heterocycles. The molecule has 0 aliphatic carbocycles. The number of halogens is 4. The Kier molecular flexibility index (Phi) is 10.6. The summed E-state index contributed by atoms with van der Waals surface area (Å²) < 4.78 is 53.3. The van der Waals surface area contributed by atoms with Crippen LogP contribution in [-0.4, -0.2) is 75.8 Å². The third kappa shape index (κ3) is 8.80. The van der Waals surface area contributed by atoms with Gasteiger partial charge >= 0.3 is 6.18 Å². The van der Waals surface area contributed by atoms with Gasteiger partial charge < -0.3 is 31.8 Å². The van der Waals surface area contributed by atoms with Crippen LogP contribution < -0.4 is 16.4 Å². The van der Waals surface area contributed by atoms with Crippen molar-refractivity contribution in [3.63, 3.8) is 0 Å². The highest BCUT2D eigenvalue weighted by atomic mass is 19.4. The Morgan fingerprint density at radius 2 is 1.93 bits per heavy atom. The topological polar surface area (TPSA) is 162 Å². The van der Waals surface area contributed by atoms with E-state index in [0.717, 1.165) is 0 Å². The molecule has 1 aromatic carbocycles. The fourth-order valence-corrected chi connectivity index (χ4v) is 4.80. The van der Waals surface area contributed by atoms with E-state index in [1.165, 1.54) is 37.1 Å². The predicted molar refractivity (Wildman–Crippen MR) is 149 cm³/mol. The fourth-order valence-electron chi connectivity index (χ4n) is 4.80. The molecule has 1 aliphatic rings. The normalized spacial score (nSPS) is 18.2. The van der Waals surface area contributed by atoms with Crippen LogP contribution in [0.2, 0.25) is 0 Å². The van der Waals surface area contributed by atoms with Crippen molar-refractivity contribution in [2.75, 3.05) is 19.6 Å². The van der Waals surface area contributed by atoms with Gasteiger partial charge in [-0.1, -0.05) is 18.2 Å². The Bertz CT molecular complexity index is 1330. The summed E-state index contributed by atoms with van der Waals surface area (Å²) in [6.45, 7) is 0.327. The maximum absolute atomic E-state index is 14.2. The van der Waals surface area contributed by atoms with Crippen LogP contribution in [0.15, 0.2) is 42.6 Å². The Balaban J connectivity index is 1.92. The van der Waals surface area contributed by atoms with Crippen molar-refractivity contribution in [2.45, 2.75) is 63.9 Å². The minimum Gasteiger partial charge on any atom is -0.392 e. The Morgan fingerprint density at radius 1 is 1.21 bits per heavy atom. The molecule has 2 aromatic rings. The van der Waals surface area contributed by atoms with E-state index in [2.05, 4.69) is 10.3 Å². The molecule has 0 saturated carbocycles. The number of nitrogens with one attached hydrogen (secondary N) is 3. The number of pyridine rings is 1. The second-order valence-corrected chi connectivity index (χ2v) is 11.2. The number of alkyl halides is 3. The number of aliphatic hydroxyl groups is 1. The number of aliphatic hydroxyl groups excluding tert-OH is 1. The molecule has 234 valence electrons. The van der Waals surface area contributed by atoms with E-state index in [1.54, 1.807) is 24.3 Å². The zero-order valence-corrected chi connectivity index (χ0v) is 23.9. The van der Waals surface area contributed by atoms with Gasteiger partial charge in [-0.3, -0.25) is 19.4 Å². The number of benzene rings is 1. The summed E-state index contributed by atoms with van der Waals surface area (Å²) in [5.74, 6) is -2.98. The molecule has 1 aromatic heterocycles. The molecule has 0 unspecified atom stereocenters. The number of aryl methyl sites for hydroxylation is 1. The molecule has 6 N–H and O–H groups in total. The zero-order chi connectivity index (χ0) is 32.0. The van der Waals surface area contributed by atoms with Gasteiger partial charge in [0.2, 0.25) is 17.7 Å². The van der Waals surface area contributed by atoms with Gasteiger partial charge in [0.05, 0.1) is 12.1 Å². The molecule has 0 radical (unpaired) electrons. The molecule has 1 saturated heterocycles. The average Bonchev–Trinajstić information content (AvgIpc) is 2.94. The summed E-state index contributed by atoms with van der Waals surface area (Å²) in [6, 6.07) is 7.84. The number of hydrogen-bond acceptors (Lipinski definition) is 7. The molecule has 0 spiro atoms. The maximum atomic E-state index is 14.2. The number of piperidine rings is 1. The van der Waals surface area contributed by atoms with Gasteiger partial charge in [0, 0.05) is 49.1 Å². The van der Waals surface area contributed by atoms with Crippen LogP contribution in [0.5, 0.6) is 0 Å². The molecule has 0 bridgehead atoms. The monoisotopic (exact) mass is 608 g/mol. The second kappa shape index (κ2) is 13.6. The van der Waals surface area contributed by atoms with E-state index >= 15 is 0 Å². The highest BCUT2D eigenvalue weighted by molar-refractivity contribution is 6.09. The van der Waals surface area contributed by atoms with Crippen molar-refractivity contribution in [3.05, 3.63) is 65.2 Å². The van der Waals surface area contributed by atoms with E-state index in [-0.39, 0.29) is 43.5 Å². The minimum absolute atomic E-state index is 0.0000222. The number of amides is 3. The lowest BCUT2D eigenvalue weighted by atomic mass is 9.73. The van der Waals surface area contributed by atoms with Crippen LogP contribution in [0.25, 0.3) is 0 Å². The van der Waals surface area contributed by atoms with E-state index in [1.807, 2.05) is 5.32 Å². The van der Waals surface area contributed by atoms with Crippen molar-refractivity contribution in [3.8, 4) is 0 Å². The van der Waals surface area contributed by atoms with Gasteiger partial charge in [0.1, 0.15) is 23.8 Å². The molecular formula is C29H36F4N6O4. The summed E-state index contributed by atoms with van der Waals surface area (Å²) >= 11 is 0. The molecule has 1 fully saturated rings. The van der Waals surface area contributed by atoms with Gasteiger partial charge in [0.15, 0.2) is 0 Å². The van der Waals surface area contributed by atoms with Crippen molar-refractivity contribution in [2.24, 2.45) is 11.1 Å². The quantitative estimate of drug-likeness (QED) is 0.245. The number of carbonyl (C=O) groups excluding carboxylic acids is 3. The van der Waals surface area contributed by atoms with Crippen molar-refractivity contribution < 1.29 is 37.1 Å². The first-order chi connectivity index (χ1) is 20.1. The number of rotatable bonds is 11. The number of carbonyl (C=O) groups is 3. The Labute approximate surface area is 246 Å². The van der Waals surface area contributed by atoms with Crippen molar-refractivity contribution in [1.29, 1.82) is 5.41 Å². The molecule has 43 heavy (non-hydrogen) atoms. The largest absolute Gasteiger partial charge is 0.405 e. The zero-order valence-electron chi connectivity index (χ0n) is 23.9. The molecule has 2 atom stereocenters. The lowest BCUT2D eigenvalue weighted by Gasteiger charge is -2.43. The number of aromatic nitrogens is 1. The number of hydrogen-bond donors (Lipinski definition) is 5. The summed E-state index contributed by atoms with van der Waals surface area (Å²) in [6.07, 6.45) is -3.45. The molecular weight excluding hydrogens is 572 g/mol. The predicted octanol–water partition coefficient (Wildman–Crippen LogP) is 2.03. The highest BCUT2D eigenvalue weighted by Crippen LogP contribution is 2.32. The van der Waals surface area contributed by atoms with Crippen molar-refractivity contribution in [1.82, 2.24) is 20.5 Å². The SMILES string of the molecule is CC(C)(N)C(=O)N[C@H](CCc1ccc(CO)c(F)c1)C(=O)N1CCC(=N)[C@](Cc2ccccn2)(C(=O)NCC(F)(F)F)C1. The van der Waals surface area contributed by atoms with Crippen LogP contribution in [0.1, 0.15) is 43.5 Å². The van der Waals surface area contributed by atoms with Gasteiger partial charge in [-0.15, -0.1) is 0 Å². The van der Waals surface area contributed by atoms with Crippen LogP contribution in [-0.2, 0) is 33.8 Å². The van der Waals surface area contributed by atoms with Crippen LogP contribution in [0.3, 0.4) is 0 Å².